The van der Waals surface area contributed by atoms with E-state index in [0.29, 0.717) is 11.6 Å². The summed E-state index contributed by atoms with van der Waals surface area (Å²) in [4.78, 5) is 2.30. The van der Waals surface area contributed by atoms with Crippen molar-refractivity contribution in [3.8, 4) is 0 Å². The normalized spacial score (nSPS) is 18.1. The third-order valence-corrected chi connectivity index (χ3v) is 4.29. The van der Waals surface area contributed by atoms with Gasteiger partial charge in [0.15, 0.2) is 11.6 Å². The van der Waals surface area contributed by atoms with Crippen molar-refractivity contribution >= 4 is 0 Å². The standard InChI is InChI=1S/C16H24F2N2O/c1-19-15(13-4-3-5-14(17)16(13)18)6-9-20(2)12-7-10-21-11-8-12/h3-5,12,15,19H,6-11H2,1-2H3. The molecule has 1 fully saturated rings. The van der Waals surface area contributed by atoms with E-state index in [1.165, 1.54) is 0 Å². The van der Waals surface area contributed by atoms with Crippen LogP contribution in [0.3, 0.4) is 0 Å². The highest BCUT2D eigenvalue weighted by Crippen LogP contribution is 2.23. The molecular weight excluding hydrogens is 274 g/mol. The zero-order valence-electron chi connectivity index (χ0n) is 12.7. The molecule has 0 aliphatic carbocycles. The van der Waals surface area contributed by atoms with Gasteiger partial charge in [0.2, 0.25) is 0 Å². The van der Waals surface area contributed by atoms with Crippen LogP contribution in [0.2, 0.25) is 0 Å². The van der Waals surface area contributed by atoms with Crippen LogP contribution in [0.1, 0.15) is 30.9 Å². The quantitative estimate of drug-likeness (QED) is 0.874. The van der Waals surface area contributed by atoms with Gasteiger partial charge < -0.3 is 15.0 Å². The van der Waals surface area contributed by atoms with E-state index in [1.807, 2.05) is 0 Å². The Labute approximate surface area is 125 Å². The number of rotatable bonds is 6. The minimum Gasteiger partial charge on any atom is -0.381 e. The Kier molecular flexibility index (Phi) is 6.08. The Hall–Kier alpha value is -1.04. The van der Waals surface area contributed by atoms with E-state index in [4.69, 9.17) is 4.74 Å². The van der Waals surface area contributed by atoms with E-state index in [9.17, 15) is 8.78 Å². The molecule has 118 valence electrons. The summed E-state index contributed by atoms with van der Waals surface area (Å²) in [7, 11) is 3.87. The van der Waals surface area contributed by atoms with Crippen LogP contribution >= 0.6 is 0 Å². The van der Waals surface area contributed by atoms with Crippen LogP contribution in [0.4, 0.5) is 8.78 Å². The molecule has 21 heavy (non-hydrogen) atoms. The average Bonchev–Trinajstić information content (AvgIpc) is 2.52. The lowest BCUT2D eigenvalue weighted by Gasteiger charge is -2.32. The lowest BCUT2D eigenvalue weighted by Crippen LogP contribution is -2.38. The summed E-state index contributed by atoms with van der Waals surface area (Å²) in [5.41, 5.74) is 0.401. The number of halogens is 2. The van der Waals surface area contributed by atoms with Gasteiger partial charge in [-0.15, -0.1) is 0 Å². The topological polar surface area (TPSA) is 24.5 Å². The molecule has 1 aromatic carbocycles. The smallest absolute Gasteiger partial charge is 0.163 e. The number of ether oxygens (including phenoxy) is 1. The molecule has 0 bridgehead atoms. The van der Waals surface area contributed by atoms with E-state index < -0.39 is 11.6 Å². The molecule has 1 aliphatic heterocycles. The van der Waals surface area contributed by atoms with Crippen molar-refractivity contribution in [1.29, 1.82) is 0 Å². The second kappa shape index (κ2) is 7.82. The highest BCUT2D eigenvalue weighted by molar-refractivity contribution is 5.22. The molecule has 1 atom stereocenters. The molecule has 0 saturated carbocycles. The summed E-state index contributed by atoms with van der Waals surface area (Å²) in [5, 5.41) is 3.09. The lowest BCUT2D eigenvalue weighted by molar-refractivity contribution is 0.0420. The van der Waals surface area contributed by atoms with Gasteiger partial charge in [-0.25, -0.2) is 8.78 Å². The van der Waals surface area contributed by atoms with Crippen molar-refractivity contribution in [1.82, 2.24) is 10.2 Å². The van der Waals surface area contributed by atoms with Crippen molar-refractivity contribution < 1.29 is 13.5 Å². The van der Waals surface area contributed by atoms with Crippen molar-refractivity contribution in [3.05, 3.63) is 35.4 Å². The van der Waals surface area contributed by atoms with Gasteiger partial charge in [0.1, 0.15) is 0 Å². The maximum Gasteiger partial charge on any atom is 0.163 e. The Bertz CT molecular complexity index is 450. The lowest BCUT2D eigenvalue weighted by atomic mass is 10.0. The molecule has 2 rings (SSSR count). The first-order valence-electron chi connectivity index (χ1n) is 7.52. The highest BCUT2D eigenvalue weighted by atomic mass is 19.2. The van der Waals surface area contributed by atoms with Gasteiger partial charge in [0.05, 0.1) is 0 Å². The van der Waals surface area contributed by atoms with Gasteiger partial charge in [0, 0.05) is 30.9 Å². The summed E-state index contributed by atoms with van der Waals surface area (Å²) >= 11 is 0. The number of hydrogen-bond acceptors (Lipinski definition) is 3. The first-order valence-corrected chi connectivity index (χ1v) is 7.52. The molecule has 3 nitrogen and oxygen atoms in total. The molecule has 1 heterocycles. The molecule has 1 saturated heterocycles. The Morgan fingerprint density at radius 2 is 2.05 bits per heavy atom. The zero-order chi connectivity index (χ0) is 15.2. The Morgan fingerprint density at radius 3 is 2.71 bits per heavy atom. The number of nitrogens with zero attached hydrogens (tertiary/aromatic N) is 1. The average molecular weight is 298 g/mol. The third-order valence-electron chi connectivity index (χ3n) is 4.29. The van der Waals surface area contributed by atoms with Gasteiger partial charge in [-0.3, -0.25) is 0 Å². The second-order valence-corrected chi connectivity index (χ2v) is 5.60. The molecular formula is C16H24F2N2O. The molecule has 1 aromatic rings. The first-order chi connectivity index (χ1) is 10.1. The van der Waals surface area contributed by atoms with Crippen LogP contribution in [0.25, 0.3) is 0 Å². The van der Waals surface area contributed by atoms with E-state index in [2.05, 4.69) is 17.3 Å². The monoisotopic (exact) mass is 298 g/mol. The summed E-state index contributed by atoms with van der Waals surface area (Å²) in [6.07, 6.45) is 2.81. The Balaban J connectivity index is 1.94. The van der Waals surface area contributed by atoms with Gasteiger partial charge in [0.25, 0.3) is 0 Å². The van der Waals surface area contributed by atoms with E-state index in [0.717, 1.165) is 45.1 Å². The second-order valence-electron chi connectivity index (χ2n) is 5.60. The van der Waals surface area contributed by atoms with Crippen LogP contribution in [0.15, 0.2) is 18.2 Å². The minimum atomic E-state index is -0.787. The predicted octanol–water partition coefficient (Wildman–Crippen LogP) is 2.73. The van der Waals surface area contributed by atoms with Gasteiger partial charge in [-0.1, -0.05) is 12.1 Å². The molecule has 0 amide bonds. The maximum absolute atomic E-state index is 13.9. The van der Waals surface area contributed by atoms with E-state index in [1.54, 1.807) is 19.2 Å². The van der Waals surface area contributed by atoms with E-state index in [-0.39, 0.29) is 6.04 Å². The number of benzene rings is 1. The van der Waals surface area contributed by atoms with Gasteiger partial charge in [-0.05, 0) is 46.0 Å². The molecule has 1 aliphatic rings. The van der Waals surface area contributed by atoms with E-state index >= 15 is 0 Å². The summed E-state index contributed by atoms with van der Waals surface area (Å²) in [6, 6.07) is 4.70. The fourth-order valence-electron chi connectivity index (χ4n) is 2.89. The van der Waals surface area contributed by atoms with Crippen LogP contribution in [-0.2, 0) is 4.74 Å². The molecule has 5 heteroatoms. The van der Waals surface area contributed by atoms with Gasteiger partial charge >= 0.3 is 0 Å². The maximum atomic E-state index is 13.9. The molecule has 0 spiro atoms. The minimum absolute atomic E-state index is 0.178. The number of nitrogens with one attached hydrogen (secondary N) is 1. The molecule has 0 radical (unpaired) electrons. The molecule has 0 aromatic heterocycles. The SMILES string of the molecule is CNC(CCN(C)C1CCOCC1)c1cccc(F)c1F. The summed E-state index contributed by atoms with van der Waals surface area (Å²) in [6.45, 7) is 2.46. The zero-order valence-corrected chi connectivity index (χ0v) is 12.7. The third kappa shape index (κ3) is 4.22. The van der Waals surface area contributed by atoms with Crippen LogP contribution in [0.5, 0.6) is 0 Å². The fourth-order valence-corrected chi connectivity index (χ4v) is 2.89. The van der Waals surface area contributed by atoms with Crippen LogP contribution in [-0.4, -0.2) is 44.8 Å². The van der Waals surface area contributed by atoms with Crippen molar-refractivity contribution in [2.75, 3.05) is 33.9 Å². The Morgan fingerprint density at radius 1 is 1.33 bits per heavy atom. The first kappa shape index (κ1) is 16.3. The predicted molar refractivity (Wildman–Crippen MR) is 79.2 cm³/mol. The fraction of sp³-hybridized carbons (Fsp3) is 0.625. The summed E-state index contributed by atoms with van der Waals surface area (Å²) < 4.78 is 32.6. The molecule has 1 N–H and O–H groups in total. The van der Waals surface area contributed by atoms with Crippen molar-refractivity contribution in [2.45, 2.75) is 31.3 Å². The number of hydrogen-bond donors (Lipinski definition) is 1. The largest absolute Gasteiger partial charge is 0.381 e. The van der Waals surface area contributed by atoms with Crippen LogP contribution in [0, 0.1) is 11.6 Å². The van der Waals surface area contributed by atoms with Crippen molar-refractivity contribution in [2.24, 2.45) is 0 Å². The molecule has 1 unspecified atom stereocenters. The highest BCUT2D eigenvalue weighted by Gasteiger charge is 2.21. The van der Waals surface area contributed by atoms with Crippen molar-refractivity contribution in [3.63, 3.8) is 0 Å². The van der Waals surface area contributed by atoms with Crippen LogP contribution < -0.4 is 5.32 Å². The van der Waals surface area contributed by atoms with Gasteiger partial charge in [-0.2, -0.15) is 0 Å². The summed E-state index contributed by atoms with van der Waals surface area (Å²) in [5.74, 6) is -1.53.